The highest BCUT2D eigenvalue weighted by atomic mass is 32.2. The first kappa shape index (κ1) is 18.1. The van der Waals surface area contributed by atoms with Gasteiger partial charge in [-0.25, -0.2) is 18.1 Å². The highest BCUT2D eigenvalue weighted by Crippen LogP contribution is 2.13. The Morgan fingerprint density at radius 3 is 2.48 bits per heavy atom. The van der Waals surface area contributed by atoms with E-state index in [9.17, 15) is 8.42 Å². The molecule has 0 saturated carbocycles. The molecular weight excluding hydrogens is 286 g/mol. The first-order chi connectivity index (χ1) is 9.89. The summed E-state index contributed by atoms with van der Waals surface area (Å²) in [7, 11) is -3.53. The molecule has 0 bridgehead atoms. The smallest absolute Gasteiger partial charge is 0.258 e. The average Bonchev–Trinajstić information content (AvgIpc) is 2.44. The minimum absolute atomic E-state index is 0.0822. The number of aromatic nitrogens is 1. The van der Waals surface area contributed by atoms with Crippen LogP contribution < -0.4 is 10.0 Å². The number of sulfonamides is 1. The van der Waals surface area contributed by atoms with Crippen LogP contribution in [-0.2, 0) is 16.6 Å². The molecule has 2 unspecified atom stereocenters. The van der Waals surface area contributed by atoms with E-state index in [4.69, 9.17) is 0 Å². The van der Waals surface area contributed by atoms with Gasteiger partial charge < -0.3 is 5.32 Å². The van der Waals surface area contributed by atoms with Gasteiger partial charge in [-0.3, -0.25) is 0 Å². The highest BCUT2D eigenvalue weighted by molar-refractivity contribution is 7.89. The molecule has 0 radical (unpaired) electrons. The van der Waals surface area contributed by atoms with Crippen molar-refractivity contribution in [1.29, 1.82) is 0 Å². The fourth-order valence-electron chi connectivity index (χ4n) is 2.09. The Balaban J connectivity index is 2.69. The van der Waals surface area contributed by atoms with E-state index in [1.807, 2.05) is 13.8 Å². The lowest BCUT2D eigenvalue weighted by Gasteiger charge is -2.17. The van der Waals surface area contributed by atoms with Gasteiger partial charge in [0.05, 0.1) is 0 Å². The molecule has 1 aromatic rings. The maximum absolute atomic E-state index is 12.2. The zero-order chi connectivity index (χ0) is 15.9. The predicted octanol–water partition coefficient (Wildman–Crippen LogP) is 2.29. The van der Waals surface area contributed by atoms with E-state index in [0.717, 1.165) is 24.9 Å². The second kappa shape index (κ2) is 8.46. The van der Waals surface area contributed by atoms with E-state index >= 15 is 0 Å². The van der Waals surface area contributed by atoms with Crippen LogP contribution in [0.3, 0.4) is 0 Å². The number of pyridine rings is 1. The molecule has 1 rings (SSSR count). The summed E-state index contributed by atoms with van der Waals surface area (Å²) in [6.45, 7) is 9.71. The Bertz CT molecular complexity index is 514. The number of hydrogen-bond acceptors (Lipinski definition) is 4. The van der Waals surface area contributed by atoms with Crippen molar-refractivity contribution < 1.29 is 8.42 Å². The van der Waals surface area contributed by atoms with Crippen LogP contribution in [0.4, 0.5) is 0 Å². The van der Waals surface area contributed by atoms with Crippen molar-refractivity contribution in [2.24, 2.45) is 5.92 Å². The largest absolute Gasteiger partial charge is 0.313 e. The molecule has 0 aromatic carbocycles. The molecule has 0 aliphatic heterocycles. The van der Waals surface area contributed by atoms with Gasteiger partial charge in [0.25, 0.3) is 10.0 Å². The van der Waals surface area contributed by atoms with Crippen molar-refractivity contribution in [1.82, 2.24) is 15.0 Å². The number of rotatable bonds is 9. The fraction of sp³-hybridized carbons (Fsp3) is 0.667. The maximum Gasteiger partial charge on any atom is 0.258 e. The first-order valence-corrected chi connectivity index (χ1v) is 9.05. The third-order valence-corrected chi connectivity index (χ3v) is 4.97. The highest BCUT2D eigenvalue weighted by Gasteiger charge is 2.19. The van der Waals surface area contributed by atoms with Gasteiger partial charge in [-0.05, 0) is 37.4 Å². The van der Waals surface area contributed by atoms with E-state index in [0.29, 0.717) is 12.5 Å². The van der Waals surface area contributed by atoms with Crippen LogP contribution >= 0.6 is 0 Å². The lowest BCUT2D eigenvalue weighted by molar-refractivity contribution is 0.445. The lowest BCUT2D eigenvalue weighted by atomic mass is 10.0. The summed E-state index contributed by atoms with van der Waals surface area (Å²) >= 11 is 0. The number of hydrogen-bond donors (Lipinski definition) is 2. The molecule has 0 amide bonds. The van der Waals surface area contributed by atoms with Gasteiger partial charge in [0, 0.05) is 18.8 Å². The van der Waals surface area contributed by atoms with Gasteiger partial charge in [0.2, 0.25) is 0 Å². The minimum atomic E-state index is -3.53. The van der Waals surface area contributed by atoms with Crippen LogP contribution in [0.2, 0.25) is 0 Å². The van der Waals surface area contributed by atoms with Gasteiger partial charge in [-0.1, -0.05) is 33.3 Å². The number of nitrogens with one attached hydrogen (secondary N) is 2. The Hall–Kier alpha value is -0.980. The molecule has 1 heterocycles. The SMILES string of the molecule is CCNCc1ccc(S(=O)(=O)NC(C)CC(C)CC)nc1. The normalized spacial score (nSPS) is 14.9. The van der Waals surface area contributed by atoms with Crippen LogP contribution in [0.1, 0.15) is 46.1 Å². The van der Waals surface area contributed by atoms with Crippen molar-refractivity contribution in [2.75, 3.05) is 6.54 Å². The zero-order valence-electron chi connectivity index (χ0n) is 13.4. The molecule has 0 fully saturated rings. The molecule has 5 nitrogen and oxygen atoms in total. The fourth-order valence-corrected chi connectivity index (χ4v) is 3.27. The molecule has 0 aliphatic rings. The van der Waals surface area contributed by atoms with Crippen LogP contribution in [0.25, 0.3) is 0 Å². The van der Waals surface area contributed by atoms with E-state index in [-0.39, 0.29) is 11.1 Å². The van der Waals surface area contributed by atoms with Crippen molar-refractivity contribution >= 4 is 10.0 Å². The summed E-state index contributed by atoms with van der Waals surface area (Å²) in [5.41, 5.74) is 0.975. The van der Waals surface area contributed by atoms with E-state index in [2.05, 4.69) is 28.9 Å². The van der Waals surface area contributed by atoms with Gasteiger partial charge >= 0.3 is 0 Å². The molecule has 6 heteroatoms. The quantitative estimate of drug-likeness (QED) is 0.734. The summed E-state index contributed by atoms with van der Waals surface area (Å²) in [6.07, 6.45) is 3.48. The summed E-state index contributed by atoms with van der Waals surface area (Å²) in [5.74, 6) is 0.498. The Kier molecular flexibility index (Phi) is 7.28. The van der Waals surface area contributed by atoms with Crippen LogP contribution in [0.5, 0.6) is 0 Å². The predicted molar refractivity (Wildman–Crippen MR) is 85.5 cm³/mol. The van der Waals surface area contributed by atoms with E-state index in [1.165, 1.54) is 0 Å². The lowest BCUT2D eigenvalue weighted by Crippen LogP contribution is -2.34. The summed E-state index contributed by atoms with van der Waals surface area (Å²) in [6, 6.07) is 3.27. The molecule has 1 aromatic heterocycles. The topological polar surface area (TPSA) is 71.1 Å². The van der Waals surface area contributed by atoms with Crippen LogP contribution in [-0.4, -0.2) is 26.0 Å². The molecule has 0 spiro atoms. The van der Waals surface area contributed by atoms with E-state index in [1.54, 1.807) is 18.3 Å². The molecule has 0 saturated heterocycles. The van der Waals surface area contributed by atoms with Crippen LogP contribution in [0, 0.1) is 5.92 Å². The monoisotopic (exact) mass is 313 g/mol. The second-order valence-electron chi connectivity index (χ2n) is 5.56. The Morgan fingerprint density at radius 2 is 1.95 bits per heavy atom. The number of nitrogens with zero attached hydrogens (tertiary/aromatic N) is 1. The van der Waals surface area contributed by atoms with Gasteiger partial charge in [-0.2, -0.15) is 0 Å². The molecule has 0 aliphatic carbocycles. The molecular formula is C15H27N3O2S. The Morgan fingerprint density at radius 1 is 1.24 bits per heavy atom. The van der Waals surface area contributed by atoms with Crippen molar-refractivity contribution in [3.8, 4) is 0 Å². The Labute approximate surface area is 128 Å². The third-order valence-electron chi connectivity index (χ3n) is 3.46. The summed E-state index contributed by atoms with van der Waals surface area (Å²) in [5, 5.41) is 3.26. The minimum Gasteiger partial charge on any atom is -0.313 e. The summed E-state index contributed by atoms with van der Waals surface area (Å²) < 4.78 is 27.2. The van der Waals surface area contributed by atoms with E-state index < -0.39 is 10.0 Å². The van der Waals surface area contributed by atoms with Crippen LogP contribution in [0.15, 0.2) is 23.4 Å². The second-order valence-corrected chi connectivity index (χ2v) is 7.22. The first-order valence-electron chi connectivity index (χ1n) is 7.57. The summed E-state index contributed by atoms with van der Waals surface area (Å²) in [4.78, 5) is 4.07. The van der Waals surface area contributed by atoms with Gasteiger partial charge in [-0.15, -0.1) is 0 Å². The average molecular weight is 313 g/mol. The van der Waals surface area contributed by atoms with Crippen molar-refractivity contribution in [2.45, 2.75) is 58.1 Å². The molecule has 2 N–H and O–H groups in total. The maximum atomic E-state index is 12.2. The molecule has 120 valence electrons. The zero-order valence-corrected chi connectivity index (χ0v) is 14.2. The van der Waals surface area contributed by atoms with Gasteiger partial charge in [0.15, 0.2) is 5.03 Å². The van der Waals surface area contributed by atoms with Gasteiger partial charge in [0.1, 0.15) is 0 Å². The standard InChI is InChI=1S/C15H27N3O2S/c1-5-12(3)9-13(4)18-21(19,20)15-8-7-14(11-17-15)10-16-6-2/h7-8,11-13,16,18H,5-6,9-10H2,1-4H3. The molecule has 21 heavy (non-hydrogen) atoms. The van der Waals surface area contributed by atoms with Crippen molar-refractivity contribution in [3.05, 3.63) is 23.9 Å². The van der Waals surface area contributed by atoms with Crippen molar-refractivity contribution in [3.63, 3.8) is 0 Å². The third kappa shape index (κ3) is 6.11. The molecule has 2 atom stereocenters.